The molecule has 0 aliphatic carbocycles. The van der Waals surface area contributed by atoms with Gasteiger partial charge in [0.1, 0.15) is 0 Å². The van der Waals surface area contributed by atoms with Gasteiger partial charge in [-0.15, -0.1) is 0 Å². The summed E-state index contributed by atoms with van der Waals surface area (Å²) < 4.78 is 4.85. The minimum atomic E-state index is -1.11. The Morgan fingerprint density at radius 3 is 2.45 bits per heavy atom. The number of nitrogens with zero attached hydrogens (tertiary/aromatic N) is 1. The van der Waals surface area contributed by atoms with Crippen molar-refractivity contribution in [1.82, 2.24) is 5.32 Å². The Hall–Kier alpha value is -3.28. The van der Waals surface area contributed by atoms with E-state index in [1.54, 1.807) is 11.9 Å². The Morgan fingerprint density at radius 2 is 1.83 bits per heavy atom. The number of aliphatic carboxylic acids is 1. The molecule has 6 heteroatoms. The van der Waals surface area contributed by atoms with Crippen molar-refractivity contribution in [2.24, 2.45) is 0 Å². The lowest BCUT2D eigenvalue weighted by Crippen LogP contribution is -2.37. The van der Waals surface area contributed by atoms with Gasteiger partial charge in [0, 0.05) is 19.3 Å². The molecule has 2 aromatic carbocycles. The first-order valence-electron chi connectivity index (χ1n) is 9.67. The molecule has 2 N–H and O–H groups in total. The molecule has 0 fully saturated rings. The lowest BCUT2D eigenvalue weighted by molar-refractivity contribution is -0.135. The molecule has 0 atom stereocenters. The van der Waals surface area contributed by atoms with Crippen molar-refractivity contribution >= 4 is 23.8 Å². The Morgan fingerprint density at radius 1 is 1.10 bits per heavy atom. The number of hydrogen-bond acceptors (Lipinski definition) is 3. The fraction of sp³-hybridized carbons (Fsp3) is 0.304. The van der Waals surface area contributed by atoms with Gasteiger partial charge in [-0.25, -0.2) is 9.59 Å². The van der Waals surface area contributed by atoms with Gasteiger partial charge in [0.15, 0.2) is 0 Å². The highest BCUT2D eigenvalue weighted by molar-refractivity contribution is 5.92. The van der Waals surface area contributed by atoms with Crippen LogP contribution < -0.4 is 10.2 Å². The molecule has 0 radical (unpaired) electrons. The van der Waals surface area contributed by atoms with Crippen molar-refractivity contribution in [2.45, 2.75) is 26.2 Å². The molecule has 0 aromatic heterocycles. The molecule has 29 heavy (non-hydrogen) atoms. The number of carboxylic acids is 1. The highest BCUT2D eigenvalue weighted by atomic mass is 16.5. The summed E-state index contributed by atoms with van der Waals surface area (Å²) >= 11 is 0. The molecule has 0 saturated carbocycles. The number of carbonyl (C=O) groups excluding carboxylic acids is 1. The van der Waals surface area contributed by atoms with Gasteiger partial charge in [0.05, 0.1) is 7.11 Å². The SMILES string of the molecule is CCCCCNC(=O)N(C)c1cccc(-c2ccc(/C=C(/OC)C(=O)O)cc2)c1. The second-order valence-corrected chi connectivity index (χ2v) is 6.69. The monoisotopic (exact) mass is 396 g/mol. The first kappa shape index (κ1) is 22.0. The summed E-state index contributed by atoms with van der Waals surface area (Å²) in [7, 11) is 3.08. The third-order valence-corrected chi connectivity index (χ3v) is 4.57. The van der Waals surface area contributed by atoms with Gasteiger partial charge < -0.3 is 15.2 Å². The summed E-state index contributed by atoms with van der Waals surface area (Å²) in [6.45, 7) is 2.80. The Bertz CT molecular complexity index is 859. The van der Waals surface area contributed by atoms with E-state index in [2.05, 4.69) is 12.2 Å². The van der Waals surface area contributed by atoms with Crippen molar-refractivity contribution in [2.75, 3.05) is 25.6 Å². The molecule has 2 aromatic rings. The largest absolute Gasteiger partial charge is 0.490 e. The van der Waals surface area contributed by atoms with Crippen LogP contribution in [0.25, 0.3) is 17.2 Å². The number of rotatable bonds is 9. The van der Waals surface area contributed by atoms with Gasteiger partial charge >= 0.3 is 12.0 Å². The Labute approximate surface area is 171 Å². The second-order valence-electron chi connectivity index (χ2n) is 6.69. The molecule has 0 bridgehead atoms. The van der Waals surface area contributed by atoms with Crippen LogP contribution in [0.4, 0.5) is 10.5 Å². The van der Waals surface area contributed by atoms with Crippen LogP contribution in [-0.2, 0) is 9.53 Å². The van der Waals surface area contributed by atoms with Gasteiger partial charge in [-0.2, -0.15) is 0 Å². The molecule has 154 valence electrons. The number of nitrogens with one attached hydrogen (secondary N) is 1. The van der Waals surface area contributed by atoms with Gasteiger partial charge in [-0.1, -0.05) is 56.2 Å². The zero-order valence-electron chi connectivity index (χ0n) is 17.1. The van der Waals surface area contributed by atoms with E-state index >= 15 is 0 Å². The number of amides is 2. The van der Waals surface area contributed by atoms with E-state index < -0.39 is 5.97 Å². The van der Waals surface area contributed by atoms with Crippen LogP contribution in [0.15, 0.2) is 54.3 Å². The minimum Gasteiger partial charge on any atom is -0.490 e. The third-order valence-electron chi connectivity index (χ3n) is 4.57. The molecule has 2 amide bonds. The van der Waals surface area contributed by atoms with E-state index in [0.717, 1.165) is 41.6 Å². The van der Waals surface area contributed by atoms with Gasteiger partial charge in [0.2, 0.25) is 5.76 Å². The zero-order valence-corrected chi connectivity index (χ0v) is 17.1. The molecular formula is C23H28N2O4. The lowest BCUT2D eigenvalue weighted by atomic mass is 10.0. The highest BCUT2D eigenvalue weighted by Crippen LogP contribution is 2.25. The van der Waals surface area contributed by atoms with Crippen LogP contribution in [0.1, 0.15) is 31.7 Å². The number of urea groups is 1. The number of benzene rings is 2. The summed E-state index contributed by atoms with van der Waals surface area (Å²) in [5.41, 5.74) is 3.46. The van der Waals surface area contributed by atoms with Gasteiger partial charge in [-0.3, -0.25) is 4.90 Å². The lowest BCUT2D eigenvalue weighted by Gasteiger charge is -2.19. The molecule has 0 saturated heterocycles. The molecule has 0 spiro atoms. The van der Waals surface area contributed by atoms with Crippen LogP contribution in [0.2, 0.25) is 0 Å². The quantitative estimate of drug-likeness (QED) is 0.364. The second kappa shape index (κ2) is 10.9. The first-order chi connectivity index (χ1) is 14.0. The fourth-order valence-electron chi connectivity index (χ4n) is 2.83. The standard InChI is InChI=1S/C23H28N2O4/c1-4-5-6-14-24-23(28)25(2)20-9-7-8-19(16-20)18-12-10-17(11-13-18)15-21(29-3)22(26)27/h7-13,15-16H,4-6,14H2,1-3H3,(H,24,28)(H,26,27)/b21-15+. The van der Waals surface area contributed by atoms with Crippen molar-refractivity contribution in [3.63, 3.8) is 0 Å². The fourth-order valence-corrected chi connectivity index (χ4v) is 2.83. The van der Waals surface area contributed by atoms with Crippen LogP contribution in [0, 0.1) is 0 Å². The summed E-state index contributed by atoms with van der Waals surface area (Å²) in [5.74, 6) is -1.23. The van der Waals surface area contributed by atoms with E-state index in [0.29, 0.717) is 6.54 Å². The highest BCUT2D eigenvalue weighted by Gasteiger charge is 2.11. The van der Waals surface area contributed by atoms with Crippen LogP contribution in [0.5, 0.6) is 0 Å². The number of unbranched alkanes of at least 4 members (excludes halogenated alkanes) is 2. The molecule has 6 nitrogen and oxygen atoms in total. The Kier molecular flexibility index (Phi) is 8.27. The van der Waals surface area contributed by atoms with Gasteiger partial charge in [-0.05, 0) is 41.3 Å². The van der Waals surface area contributed by atoms with Gasteiger partial charge in [0.25, 0.3) is 0 Å². The van der Waals surface area contributed by atoms with Crippen molar-refractivity contribution in [3.8, 4) is 11.1 Å². The van der Waals surface area contributed by atoms with E-state index in [9.17, 15) is 9.59 Å². The minimum absolute atomic E-state index is 0.119. The van der Waals surface area contributed by atoms with Crippen molar-refractivity contribution < 1.29 is 19.4 Å². The van der Waals surface area contributed by atoms with E-state index in [1.807, 2.05) is 48.5 Å². The molecule has 0 heterocycles. The first-order valence-corrected chi connectivity index (χ1v) is 9.67. The maximum absolute atomic E-state index is 12.3. The Balaban J connectivity index is 2.12. The predicted octanol–water partition coefficient (Wildman–Crippen LogP) is 4.76. The molecular weight excluding hydrogens is 368 g/mol. The van der Waals surface area contributed by atoms with E-state index in [4.69, 9.17) is 9.84 Å². The number of ether oxygens (including phenoxy) is 1. The maximum atomic E-state index is 12.3. The normalized spacial score (nSPS) is 11.1. The number of anilines is 1. The summed E-state index contributed by atoms with van der Waals surface area (Å²) in [6.07, 6.45) is 4.66. The van der Waals surface area contributed by atoms with Crippen molar-refractivity contribution in [1.29, 1.82) is 0 Å². The van der Waals surface area contributed by atoms with Crippen LogP contribution in [-0.4, -0.2) is 37.8 Å². The zero-order chi connectivity index (χ0) is 21.2. The van der Waals surface area contributed by atoms with Crippen LogP contribution >= 0.6 is 0 Å². The number of methoxy groups -OCH3 is 1. The maximum Gasteiger partial charge on any atom is 0.371 e. The topological polar surface area (TPSA) is 78.9 Å². The number of carbonyl (C=O) groups is 2. The average Bonchev–Trinajstić information content (AvgIpc) is 2.74. The smallest absolute Gasteiger partial charge is 0.371 e. The molecule has 0 aliphatic rings. The van der Waals surface area contributed by atoms with Crippen LogP contribution in [0.3, 0.4) is 0 Å². The van der Waals surface area contributed by atoms with Crippen molar-refractivity contribution in [3.05, 3.63) is 59.9 Å². The summed E-state index contributed by atoms with van der Waals surface area (Å²) in [4.78, 5) is 25.0. The third kappa shape index (κ3) is 6.38. The number of hydrogen-bond donors (Lipinski definition) is 2. The molecule has 0 aliphatic heterocycles. The summed E-state index contributed by atoms with van der Waals surface area (Å²) in [6, 6.07) is 15.1. The summed E-state index contributed by atoms with van der Waals surface area (Å²) in [5, 5.41) is 12.0. The van der Waals surface area contributed by atoms with E-state index in [1.165, 1.54) is 13.2 Å². The average molecular weight is 396 g/mol. The van der Waals surface area contributed by atoms with E-state index in [-0.39, 0.29) is 11.8 Å². The predicted molar refractivity (Wildman–Crippen MR) is 116 cm³/mol. The molecule has 0 unspecified atom stereocenters. The number of carboxylic acid groups (broad SMARTS) is 1. The molecule has 2 rings (SSSR count).